The van der Waals surface area contributed by atoms with Crippen LogP contribution in [0.1, 0.15) is 20.7 Å². The van der Waals surface area contributed by atoms with Crippen molar-refractivity contribution >= 4 is 23.3 Å². The van der Waals surface area contributed by atoms with E-state index in [0.717, 1.165) is 28.6 Å². The quantitative estimate of drug-likeness (QED) is 0.550. The van der Waals surface area contributed by atoms with Gasteiger partial charge in [-0.15, -0.1) is 0 Å². The van der Waals surface area contributed by atoms with Crippen LogP contribution in [-0.4, -0.2) is 28.9 Å². The minimum absolute atomic E-state index is 0.367. The highest BCUT2D eigenvalue weighted by molar-refractivity contribution is 5.98. The number of pyridine rings is 1. The van der Waals surface area contributed by atoms with Gasteiger partial charge in [-0.25, -0.2) is 9.78 Å². The van der Waals surface area contributed by atoms with Crippen molar-refractivity contribution in [2.24, 2.45) is 7.05 Å². The van der Waals surface area contributed by atoms with E-state index in [2.05, 4.69) is 4.98 Å². The summed E-state index contributed by atoms with van der Waals surface area (Å²) in [5, 5.41) is 0.812. The van der Waals surface area contributed by atoms with Gasteiger partial charge in [0.25, 0.3) is 0 Å². The van der Waals surface area contributed by atoms with Crippen LogP contribution in [0.15, 0.2) is 42.6 Å². The lowest BCUT2D eigenvalue weighted by molar-refractivity contribution is 0.0600. The minimum Gasteiger partial charge on any atom is -0.465 e. The number of hydrogen-bond acceptors (Lipinski definition) is 4. The predicted molar refractivity (Wildman–Crippen MR) is 82.9 cm³/mol. The molecule has 0 saturated carbocycles. The van der Waals surface area contributed by atoms with Gasteiger partial charge in [0.1, 0.15) is 5.65 Å². The van der Waals surface area contributed by atoms with Crippen LogP contribution in [-0.2, 0) is 11.8 Å². The molecule has 0 radical (unpaired) electrons. The molecule has 0 amide bonds. The Morgan fingerprint density at radius 2 is 1.95 bits per heavy atom. The summed E-state index contributed by atoms with van der Waals surface area (Å²) in [7, 11) is 3.25. The van der Waals surface area contributed by atoms with E-state index in [1.54, 1.807) is 24.4 Å². The number of ether oxygens (including phenoxy) is 1. The van der Waals surface area contributed by atoms with Crippen molar-refractivity contribution in [2.45, 2.75) is 0 Å². The molecule has 0 spiro atoms. The number of aldehydes is 1. The van der Waals surface area contributed by atoms with Gasteiger partial charge in [-0.2, -0.15) is 0 Å². The van der Waals surface area contributed by atoms with E-state index in [1.807, 2.05) is 29.8 Å². The highest BCUT2D eigenvalue weighted by Gasteiger charge is 2.12. The van der Waals surface area contributed by atoms with Crippen molar-refractivity contribution in [1.82, 2.24) is 9.55 Å². The molecule has 0 N–H and O–H groups in total. The Morgan fingerprint density at radius 3 is 2.59 bits per heavy atom. The number of nitrogens with zero attached hydrogens (tertiary/aromatic N) is 2. The summed E-state index contributed by atoms with van der Waals surface area (Å²) in [5.74, 6) is -0.367. The molecule has 3 rings (SSSR count). The third-order valence-electron chi connectivity index (χ3n) is 3.69. The second-order valence-electron chi connectivity index (χ2n) is 4.91. The molecule has 0 bridgehead atoms. The van der Waals surface area contributed by atoms with E-state index in [1.165, 1.54) is 7.11 Å². The number of benzene rings is 1. The monoisotopic (exact) mass is 294 g/mol. The van der Waals surface area contributed by atoms with Crippen molar-refractivity contribution < 1.29 is 14.3 Å². The van der Waals surface area contributed by atoms with Gasteiger partial charge in [0.15, 0.2) is 6.29 Å². The molecule has 0 saturated heterocycles. The van der Waals surface area contributed by atoms with E-state index >= 15 is 0 Å². The summed E-state index contributed by atoms with van der Waals surface area (Å²) in [6.45, 7) is 0. The maximum absolute atomic E-state index is 11.5. The summed E-state index contributed by atoms with van der Waals surface area (Å²) < 4.78 is 6.62. The molecule has 2 heterocycles. The van der Waals surface area contributed by atoms with Crippen molar-refractivity contribution in [3.8, 4) is 11.3 Å². The molecule has 1 aromatic carbocycles. The zero-order valence-corrected chi connectivity index (χ0v) is 12.2. The Balaban J connectivity index is 2.12. The zero-order valence-electron chi connectivity index (χ0n) is 12.2. The molecular weight excluding hydrogens is 280 g/mol. The molecule has 5 nitrogen and oxygen atoms in total. The van der Waals surface area contributed by atoms with Crippen LogP contribution in [0.5, 0.6) is 0 Å². The van der Waals surface area contributed by atoms with Crippen molar-refractivity contribution in [2.75, 3.05) is 7.11 Å². The number of hydrogen-bond donors (Lipinski definition) is 0. The first-order valence-corrected chi connectivity index (χ1v) is 6.74. The summed E-state index contributed by atoms with van der Waals surface area (Å²) >= 11 is 0. The molecule has 22 heavy (non-hydrogen) atoms. The van der Waals surface area contributed by atoms with Crippen molar-refractivity contribution in [3.63, 3.8) is 0 Å². The standard InChI is InChI=1S/C17H14N2O3/c1-19-15(9-14-13(10-20)7-8-18-16(14)19)11-3-5-12(6-4-11)17(21)22-2/h3-10H,1-2H3. The summed E-state index contributed by atoms with van der Waals surface area (Å²) in [6, 6.07) is 10.8. The van der Waals surface area contributed by atoms with Crippen LogP contribution in [0.2, 0.25) is 0 Å². The van der Waals surface area contributed by atoms with Crippen molar-refractivity contribution in [1.29, 1.82) is 0 Å². The van der Waals surface area contributed by atoms with Crippen LogP contribution in [0, 0.1) is 0 Å². The first-order chi connectivity index (χ1) is 10.7. The van der Waals surface area contributed by atoms with Gasteiger partial charge < -0.3 is 9.30 Å². The van der Waals surface area contributed by atoms with Gasteiger partial charge in [0, 0.05) is 24.2 Å². The number of aromatic nitrogens is 2. The third-order valence-corrected chi connectivity index (χ3v) is 3.69. The fourth-order valence-corrected chi connectivity index (χ4v) is 2.51. The topological polar surface area (TPSA) is 61.2 Å². The Labute approximate surface area is 127 Å². The van der Waals surface area contributed by atoms with Crippen LogP contribution in [0.4, 0.5) is 0 Å². The fraction of sp³-hybridized carbons (Fsp3) is 0.118. The van der Waals surface area contributed by atoms with Crippen LogP contribution in [0.25, 0.3) is 22.3 Å². The normalized spacial score (nSPS) is 10.6. The molecular formula is C17H14N2O3. The lowest BCUT2D eigenvalue weighted by atomic mass is 10.1. The summed E-state index contributed by atoms with van der Waals surface area (Å²) in [5.41, 5.74) is 3.71. The Kier molecular flexibility index (Phi) is 3.47. The Hall–Kier alpha value is -2.95. The second kappa shape index (κ2) is 5.44. The molecule has 2 aromatic heterocycles. The summed E-state index contributed by atoms with van der Waals surface area (Å²) in [4.78, 5) is 26.9. The molecule has 110 valence electrons. The second-order valence-corrected chi connectivity index (χ2v) is 4.91. The number of aryl methyl sites for hydroxylation is 1. The number of fused-ring (bicyclic) bond motifs is 1. The van der Waals surface area contributed by atoms with Crippen molar-refractivity contribution in [3.05, 3.63) is 53.7 Å². The Bertz CT molecular complexity index is 863. The summed E-state index contributed by atoms with van der Waals surface area (Å²) in [6.07, 6.45) is 2.45. The van der Waals surface area contributed by atoms with Gasteiger partial charge in [-0.1, -0.05) is 12.1 Å². The average Bonchev–Trinajstić information content (AvgIpc) is 2.91. The maximum atomic E-state index is 11.5. The third kappa shape index (κ3) is 2.16. The lowest BCUT2D eigenvalue weighted by Gasteiger charge is -2.05. The average molecular weight is 294 g/mol. The molecule has 0 atom stereocenters. The zero-order chi connectivity index (χ0) is 15.7. The highest BCUT2D eigenvalue weighted by Crippen LogP contribution is 2.27. The van der Waals surface area contributed by atoms with Gasteiger partial charge in [-0.3, -0.25) is 4.79 Å². The fourth-order valence-electron chi connectivity index (χ4n) is 2.51. The van der Waals surface area contributed by atoms with Crippen LogP contribution >= 0.6 is 0 Å². The van der Waals surface area contributed by atoms with E-state index in [-0.39, 0.29) is 5.97 Å². The van der Waals surface area contributed by atoms with E-state index in [0.29, 0.717) is 11.1 Å². The van der Waals surface area contributed by atoms with Crippen LogP contribution in [0.3, 0.4) is 0 Å². The number of rotatable bonds is 3. The highest BCUT2D eigenvalue weighted by atomic mass is 16.5. The number of esters is 1. The predicted octanol–water partition coefficient (Wildman–Crippen LogP) is 2.84. The van der Waals surface area contributed by atoms with Gasteiger partial charge in [0.2, 0.25) is 0 Å². The molecule has 0 aliphatic carbocycles. The first-order valence-electron chi connectivity index (χ1n) is 6.74. The lowest BCUT2D eigenvalue weighted by Crippen LogP contribution is -2.00. The van der Waals surface area contributed by atoms with Crippen LogP contribution < -0.4 is 0 Å². The molecule has 0 fully saturated rings. The van der Waals surface area contributed by atoms with Gasteiger partial charge >= 0.3 is 5.97 Å². The first kappa shape index (κ1) is 14.0. The van der Waals surface area contributed by atoms with E-state index < -0.39 is 0 Å². The molecule has 0 aliphatic rings. The maximum Gasteiger partial charge on any atom is 0.337 e. The smallest absolute Gasteiger partial charge is 0.337 e. The molecule has 3 aromatic rings. The Morgan fingerprint density at radius 1 is 1.23 bits per heavy atom. The van der Waals surface area contributed by atoms with Gasteiger partial charge in [0.05, 0.1) is 18.4 Å². The largest absolute Gasteiger partial charge is 0.465 e. The number of carbonyl (C=O) groups is 2. The molecule has 0 unspecified atom stereocenters. The molecule has 0 aliphatic heterocycles. The van der Waals surface area contributed by atoms with E-state index in [9.17, 15) is 9.59 Å². The van der Waals surface area contributed by atoms with E-state index in [4.69, 9.17) is 4.74 Å². The van der Waals surface area contributed by atoms with Gasteiger partial charge in [-0.05, 0) is 29.8 Å². The SMILES string of the molecule is COC(=O)c1ccc(-c2cc3c(C=O)ccnc3n2C)cc1. The number of methoxy groups -OCH3 is 1. The molecule has 5 heteroatoms. The minimum atomic E-state index is -0.367. The number of carbonyl (C=O) groups excluding carboxylic acids is 2.